The zero-order valence-corrected chi connectivity index (χ0v) is 17.2. The van der Waals surface area contributed by atoms with Crippen LogP contribution in [0.5, 0.6) is 5.75 Å². The van der Waals surface area contributed by atoms with Crippen LogP contribution in [0.1, 0.15) is 30.3 Å². The first kappa shape index (κ1) is 19.7. The largest absolute Gasteiger partial charge is 0.489 e. The topological polar surface area (TPSA) is 54.9 Å². The summed E-state index contributed by atoms with van der Waals surface area (Å²) >= 11 is 17.4. The smallest absolute Gasteiger partial charge is 0.214 e. The standard InChI is InChI=1S/C19H20Cl2N4OS/c1-2-3-18-23-24-19(27)25(18)22-11-14-10-16(21)8-9-17(14)26-12-13-4-6-15(20)7-5-13/h4-10,22H,2-3,11-12H2,1H3,(H,24,27). The Balaban J connectivity index is 1.73. The Morgan fingerprint density at radius 3 is 2.63 bits per heavy atom. The molecule has 0 saturated carbocycles. The second-order valence-corrected chi connectivity index (χ2v) is 7.29. The normalized spacial score (nSPS) is 10.8. The summed E-state index contributed by atoms with van der Waals surface area (Å²) in [5.74, 6) is 1.63. The van der Waals surface area contributed by atoms with E-state index in [1.807, 2.05) is 42.5 Å². The van der Waals surface area contributed by atoms with Crippen molar-refractivity contribution in [2.75, 3.05) is 5.43 Å². The molecule has 0 radical (unpaired) electrons. The van der Waals surface area contributed by atoms with Gasteiger partial charge in [0.15, 0.2) is 5.82 Å². The lowest BCUT2D eigenvalue weighted by Gasteiger charge is -2.15. The van der Waals surface area contributed by atoms with Crippen LogP contribution in [-0.2, 0) is 19.6 Å². The third-order valence-electron chi connectivity index (χ3n) is 3.97. The number of hydrogen-bond donors (Lipinski definition) is 2. The third-order valence-corrected chi connectivity index (χ3v) is 4.73. The summed E-state index contributed by atoms with van der Waals surface area (Å²) in [7, 11) is 0. The van der Waals surface area contributed by atoms with Crippen LogP contribution in [0.4, 0.5) is 0 Å². The van der Waals surface area contributed by atoms with E-state index in [2.05, 4.69) is 22.5 Å². The first-order valence-corrected chi connectivity index (χ1v) is 9.79. The zero-order valence-electron chi connectivity index (χ0n) is 14.8. The highest BCUT2D eigenvalue weighted by Crippen LogP contribution is 2.24. The number of aryl methyl sites for hydroxylation is 1. The Hall–Kier alpha value is -2.02. The van der Waals surface area contributed by atoms with Crippen LogP contribution in [0.3, 0.4) is 0 Å². The van der Waals surface area contributed by atoms with Crippen LogP contribution >= 0.6 is 35.4 Å². The fourth-order valence-electron chi connectivity index (χ4n) is 2.62. The molecule has 142 valence electrons. The predicted octanol–water partition coefficient (Wildman–Crippen LogP) is 5.52. The van der Waals surface area contributed by atoms with E-state index < -0.39 is 0 Å². The summed E-state index contributed by atoms with van der Waals surface area (Å²) in [6.07, 6.45) is 1.81. The molecule has 0 bridgehead atoms. The van der Waals surface area contributed by atoms with Gasteiger partial charge in [-0.15, -0.1) is 0 Å². The number of aromatic amines is 1. The van der Waals surface area contributed by atoms with E-state index in [-0.39, 0.29) is 0 Å². The molecule has 2 aromatic carbocycles. The summed E-state index contributed by atoms with van der Waals surface area (Å²) in [6, 6.07) is 13.1. The molecule has 1 heterocycles. The van der Waals surface area contributed by atoms with E-state index in [0.717, 1.165) is 35.5 Å². The number of halogens is 2. The van der Waals surface area contributed by atoms with Crippen molar-refractivity contribution in [2.45, 2.75) is 32.9 Å². The van der Waals surface area contributed by atoms with Gasteiger partial charge >= 0.3 is 0 Å². The molecule has 2 N–H and O–H groups in total. The second-order valence-electron chi connectivity index (χ2n) is 6.03. The second kappa shape index (κ2) is 9.26. The molecule has 0 amide bonds. The lowest BCUT2D eigenvalue weighted by Crippen LogP contribution is -2.18. The van der Waals surface area contributed by atoms with Gasteiger partial charge in [0.1, 0.15) is 12.4 Å². The van der Waals surface area contributed by atoms with Crippen LogP contribution in [0.25, 0.3) is 0 Å². The molecule has 1 aromatic heterocycles. The highest BCUT2D eigenvalue weighted by molar-refractivity contribution is 7.71. The molecule has 0 aliphatic carbocycles. The lowest BCUT2D eigenvalue weighted by atomic mass is 10.2. The van der Waals surface area contributed by atoms with Crippen molar-refractivity contribution in [1.82, 2.24) is 14.9 Å². The van der Waals surface area contributed by atoms with Gasteiger partial charge in [-0.2, -0.15) is 5.10 Å². The summed E-state index contributed by atoms with van der Waals surface area (Å²) in [5.41, 5.74) is 5.27. The van der Waals surface area contributed by atoms with Crippen LogP contribution in [0.2, 0.25) is 10.0 Å². The van der Waals surface area contributed by atoms with Crippen molar-refractivity contribution < 1.29 is 4.74 Å². The molecule has 3 rings (SSSR count). The molecule has 0 saturated heterocycles. The number of H-pyrrole nitrogens is 1. The molecule has 0 aliphatic rings. The van der Waals surface area contributed by atoms with Gasteiger partial charge in [-0.3, -0.25) is 5.10 Å². The van der Waals surface area contributed by atoms with Gasteiger partial charge in [0.05, 0.1) is 6.54 Å². The fraction of sp³-hybridized carbons (Fsp3) is 0.263. The highest BCUT2D eigenvalue weighted by Gasteiger charge is 2.09. The Morgan fingerprint density at radius 1 is 1.15 bits per heavy atom. The number of nitrogens with zero attached hydrogens (tertiary/aromatic N) is 2. The maximum absolute atomic E-state index is 6.18. The van der Waals surface area contributed by atoms with Crippen LogP contribution in [0, 0.1) is 4.77 Å². The van der Waals surface area contributed by atoms with Gasteiger partial charge < -0.3 is 10.2 Å². The van der Waals surface area contributed by atoms with Gasteiger partial charge in [-0.25, -0.2) is 4.68 Å². The number of aromatic nitrogens is 3. The predicted molar refractivity (Wildman–Crippen MR) is 112 cm³/mol. The minimum absolute atomic E-state index is 0.442. The molecule has 0 spiro atoms. The van der Waals surface area contributed by atoms with Gasteiger partial charge in [-0.1, -0.05) is 42.3 Å². The Kier molecular flexibility index (Phi) is 6.77. The quantitative estimate of drug-likeness (QED) is 0.469. The monoisotopic (exact) mass is 422 g/mol. The minimum atomic E-state index is 0.442. The molecule has 0 unspecified atom stereocenters. The van der Waals surface area contributed by atoms with E-state index in [0.29, 0.717) is 28.0 Å². The van der Waals surface area contributed by atoms with E-state index >= 15 is 0 Å². The van der Waals surface area contributed by atoms with Crippen LogP contribution in [-0.4, -0.2) is 14.9 Å². The average molecular weight is 423 g/mol. The SMILES string of the molecule is CCCc1n[nH]c(=S)n1NCc1cc(Cl)ccc1OCc1ccc(Cl)cc1. The lowest BCUT2D eigenvalue weighted by molar-refractivity contribution is 0.303. The molecule has 5 nitrogen and oxygen atoms in total. The summed E-state index contributed by atoms with van der Waals surface area (Å²) in [5, 5.41) is 8.43. The number of hydrogen-bond acceptors (Lipinski definition) is 4. The molecule has 0 fully saturated rings. The maximum Gasteiger partial charge on any atom is 0.214 e. The molecule has 27 heavy (non-hydrogen) atoms. The molecular weight excluding hydrogens is 403 g/mol. The first-order chi connectivity index (χ1) is 13.1. The molecule has 0 aliphatic heterocycles. The van der Waals surface area contributed by atoms with Gasteiger partial charge in [0.25, 0.3) is 0 Å². The van der Waals surface area contributed by atoms with Crippen molar-refractivity contribution in [1.29, 1.82) is 0 Å². The minimum Gasteiger partial charge on any atom is -0.489 e. The third kappa shape index (κ3) is 5.25. The van der Waals surface area contributed by atoms with Gasteiger partial charge in [0.2, 0.25) is 4.77 Å². The van der Waals surface area contributed by atoms with Gasteiger partial charge in [-0.05, 0) is 54.5 Å². The molecular formula is C19H20Cl2N4OS. The van der Waals surface area contributed by atoms with Crippen molar-refractivity contribution in [3.8, 4) is 5.75 Å². The summed E-state index contributed by atoms with van der Waals surface area (Å²) in [6.45, 7) is 3.04. The molecule has 8 heteroatoms. The summed E-state index contributed by atoms with van der Waals surface area (Å²) in [4.78, 5) is 0. The van der Waals surface area contributed by atoms with Crippen molar-refractivity contribution in [3.05, 3.63) is 74.2 Å². The first-order valence-electron chi connectivity index (χ1n) is 8.62. The fourth-order valence-corrected chi connectivity index (χ4v) is 3.15. The Morgan fingerprint density at radius 2 is 1.89 bits per heavy atom. The highest BCUT2D eigenvalue weighted by atomic mass is 35.5. The Bertz CT molecular complexity index is 953. The van der Waals surface area contributed by atoms with E-state index in [9.17, 15) is 0 Å². The van der Waals surface area contributed by atoms with Crippen LogP contribution in [0.15, 0.2) is 42.5 Å². The zero-order chi connectivity index (χ0) is 19.2. The molecule has 3 aromatic rings. The Labute approximate surface area is 173 Å². The van der Waals surface area contributed by atoms with E-state index in [1.54, 1.807) is 4.68 Å². The van der Waals surface area contributed by atoms with Crippen molar-refractivity contribution in [2.24, 2.45) is 0 Å². The summed E-state index contributed by atoms with van der Waals surface area (Å²) < 4.78 is 8.32. The van der Waals surface area contributed by atoms with Crippen molar-refractivity contribution >= 4 is 35.4 Å². The number of benzene rings is 2. The van der Waals surface area contributed by atoms with E-state index in [1.165, 1.54) is 0 Å². The number of nitrogens with one attached hydrogen (secondary N) is 2. The number of rotatable bonds is 8. The van der Waals surface area contributed by atoms with Crippen LogP contribution < -0.4 is 10.2 Å². The number of ether oxygens (including phenoxy) is 1. The molecule has 0 atom stereocenters. The average Bonchev–Trinajstić information content (AvgIpc) is 3.00. The maximum atomic E-state index is 6.18. The van der Waals surface area contributed by atoms with E-state index in [4.69, 9.17) is 40.2 Å². The van der Waals surface area contributed by atoms with Gasteiger partial charge in [0, 0.05) is 22.0 Å². The van der Waals surface area contributed by atoms with Crippen molar-refractivity contribution in [3.63, 3.8) is 0 Å².